The predicted octanol–water partition coefficient (Wildman–Crippen LogP) is 3.07. The first-order valence-electron chi connectivity index (χ1n) is 6.27. The summed E-state index contributed by atoms with van der Waals surface area (Å²) in [7, 11) is 0. The van der Waals surface area contributed by atoms with Crippen molar-refractivity contribution in [2.24, 2.45) is 0 Å². The largest absolute Gasteiger partial charge is 0.477 e. The molecule has 2 aromatic rings. The third kappa shape index (κ3) is 2.58. The van der Waals surface area contributed by atoms with Crippen LogP contribution in [0.3, 0.4) is 0 Å². The van der Waals surface area contributed by atoms with Gasteiger partial charge in [-0.15, -0.1) is 0 Å². The SMILES string of the molecule is O=C(O)c1cnc(-c2ccccc2Cl)nc1NC1CC1. The van der Waals surface area contributed by atoms with Gasteiger partial charge in [0.05, 0.1) is 5.02 Å². The van der Waals surface area contributed by atoms with E-state index in [0.29, 0.717) is 28.3 Å². The van der Waals surface area contributed by atoms with Crippen LogP contribution in [0.2, 0.25) is 5.02 Å². The van der Waals surface area contributed by atoms with Crippen molar-refractivity contribution in [3.8, 4) is 11.4 Å². The summed E-state index contributed by atoms with van der Waals surface area (Å²) in [5, 5.41) is 12.8. The summed E-state index contributed by atoms with van der Waals surface area (Å²) >= 11 is 6.11. The molecule has 2 N–H and O–H groups in total. The van der Waals surface area contributed by atoms with Crippen molar-refractivity contribution in [2.75, 3.05) is 5.32 Å². The van der Waals surface area contributed by atoms with Gasteiger partial charge in [0.2, 0.25) is 0 Å². The topological polar surface area (TPSA) is 75.1 Å². The number of halogens is 1. The third-order valence-electron chi connectivity index (χ3n) is 3.05. The van der Waals surface area contributed by atoms with E-state index in [-0.39, 0.29) is 5.56 Å². The monoisotopic (exact) mass is 289 g/mol. The number of nitrogens with zero attached hydrogens (tertiary/aromatic N) is 2. The second-order valence-electron chi connectivity index (χ2n) is 4.66. The fourth-order valence-corrected chi connectivity index (χ4v) is 2.06. The molecule has 1 aliphatic rings. The molecule has 0 amide bonds. The van der Waals surface area contributed by atoms with Crippen LogP contribution in [0.15, 0.2) is 30.5 Å². The van der Waals surface area contributed by atoms with E-state index in [1.54, 1.807) is 12.1 Å². The average molecular weight is 290 g/mol. The smallest absolute Gasteiger partial charge is 0.341 e. The summed E-state index contributed by atoms with van der Waals surface area (Å²) in [5.74, 6) is -0.271. The summed E-state index contributed by atoms with van der Waals surface area (Å²) in [6, 6.07) is 7.52. The predicted molar refractivity (Wildman–Crippen MR) is 76.1 cm³/mol. The van der Waals surface area contributed by atoms with Crippen LogP contribution in [-0.4, -0.2) is 27.1 Å². The molecule has 1 saturated carbocycles. The van der Waals surface area contributed by atoms with Crippen LogP contribution in [0.5, 0.6) is 0 Å². The van der Waals surface area contributed by atoms with Gasteiger partial charge in [-0.25, -0.2) is 14.8 Å². The van der Waals surface area contributed by atoms with Gasteiger partial charge >= 0.3 is 5.97 Å². The molecule has 0 radical (unpaired) electrons. The van der Waals surface area contributed by atoms with Crippen LogP contribution in [-0.2, 0) is 0 Å². The van der Waals surface area contributed by atoms with Crippen LogP contribution in [0, 0.1) is 0 Å². The number of carbonyl (C=O) groups is 1. The number of aromatic carboxylic acids is 1. The Bertz CT molecular complexity index is 671. The fraction of sp³-hybridized carbons (Fsp3) is 0.214. The molecule has 0 saturated heterocycles. The van der Waals surface area contributed by atoms with E-state index in [4.69, 9.17) is 16.7 Å². The Morgan fingerprint density at radius 1 is 1.35 bits per heavy atom. The van der Waals surface area contributed by atoms with Gasteiger partial charge in [0.1, 0.15) is 11.4 Å². The van der Waals surface area contributed by atoms with E-state index in [1.807, 2.05) is 12.1 Å². The molecule has 20 heavy (non-hydrogen) atoms. The van der Waals surface area contributed by atoms with Crippen LogP contribution in [0.4, 0.5) is 5.82 Å². The van der Waals surface area contributed by atoms with Gasteiger partial charge < -0.3 is 10.4 Å². The number of benzene rings is 1. The summed E-state index contributed by atoms with van der Waals surface area (Å²) in [6.07, 6.45) is 3.38. The number of rotatable bonds is 4. The lowest BCUT2D eigenvalue weighted by molar-refractivity contribution is 0.0697. The molecule has 0 atom stereocenters. The Labute approximate surface area is 120 Å². The Balaban J connectivity index is 2.04. The fourth-order valence-electron chi connectivity index (χ4n) is 1.84. The Morgan fingerprint density at radius 2 is 2.10 bits per heavy atom. The highest BCUT2D eigenvalue weighted by atomic mass is 35.5. The van der Waals surface area contributed by atoms with E-state index in [0.717, 1.165) is 12.8 Å². The third-order valence-corrected chi connectivity index (χ3v) is 3.38. The standard InChI is InChI=1S/C14H12ClN3O2/c15-11-4-2-1-3-9(11)12-16-7-10(14(19)20)13(18-12)17-8-5-6-8/h1-4,7-8H,5-6H2,(H,19,20)(H,16,17,18). The van der Waals surface area contributed by atoms with Crippen molar-refractivity contribution in [2.45, 2.75) is 18.9 Å². The lowest BCUT2D eigenvalue weighted by Gasteiger charge is -2.09. The molecule has 1 aromatic carbocycles. The van der Waals surface area contributed by atoms with Crippen LogP contribution < -0.4 is 5.32 Å². The maximum absolute atomic E-state index is 11.2. The van der Waals surface area contributed by atoms with Crippen LogP contribution >= 0.6 is 11.6 Å². The summed E-state index contributed by atoms with van der Waals surface area (Å²) < 4.78 is 0. The molecule has 0 unspecified atom stereocenters. The molecule has 5 nitrogen and oxygen atoms in total. The zero-order chi connectivity index (χ0) is 14.1. The second kappa shape index (κ2) is 5.09. The molecule has 3 rings (SSSR count). The van der Waals surface area contributed by atoms with Gasteiger partial charge in [0.15, 0.2) is 5.82 Å². The van der Waals surface area contributed by atoms with Crippen molar-refractivity contribution in [3.05, 3.63) is 41.0 Å². The summed E-state index contributed by atoms with van der Waals surface area (Å²) in [5.41, 5.74) is 0.762. The highest BCUT2D eigenvalue weighted by Gasteiger charge is 2.25. The van der Waals surface area contributed by atoms with Gasteiger partial charge in [-0.3, -0.25) is 0 Å². The van der Waals surface area contributed by atoms with E-state index in [9.17, 15) is 4.79 Å². The zero-order valence-electron chi connectivity index (χ0n) is 10.5. The first-order valence-corrected chi connectivity index (χ1v) is 6.64. The molecule has 6 heteroatoms. The molecule has 0 spiro atoms. The van der Waals surface area contributed by atoms with Gasteiger partial charge in [-0.1, -0.05) is 23.7 Å². The number of hydrogen-bond donors (Lipinski definition) is 2. The quantitative estimate of drug-likeness (QED) is 0.905. The van der Waals surface area contributed by atoms with Crippen molar-refractivity contribution in [1.82, 2.24) is 9.97 Å². The molecule has 0 bridgehead atoms. The van der Waals surface area contributed by atoms with Gasteiger partial charge in [0, 0.05) is 17.8 Å². The Hall–Kier alpha value is -2.14. The van der Waals surface area contributed by atoms with Gasteiger partial charge in [-0.2, -0.15) is 0 Å². The molecule has 0 aliphatic heterocycles. The molecular formula is C14H12ClN3O2. The maximum Gasteiger partial charge on any atom is 0.341 e. The number of anilines is 1. The van der Waals surface area contributed by atoms with Crippen molar-refractivity contribution >= 4 is 23.4 Å². The van der Waals surface area contributed by atoms with Crippen molar-refractivity contribution < 1.29 is 9.90 Å². The first-order chi connectivity index (χ1) is 9.65. The number of carboxylic acids is 1. The number of carboxylic acid groups (broad SMARTS) is 1. The Kier molecular flexibility index (Phi) is 3.28. The van der Waals surface area contributed by atoms with Crippen LogP contribution in [0.25, 0.3) is 11.4 Å². The van der Waals surface area contributed by atoms with Crippen LogP contribution in [0.1, 0.15) is 23.2 Å². The maximum atomic E-state index is 11.2. The number of hydrogen-bond acceptors (Lipinski definition) is 4. The Morgan fingerprint density at radius 3 is 2.75 bits per heavy atom. The molecule has 1 aromatic heterocycles. The highest BCUT2D eigenvalue weighted by Crippen LogP contribution is 2.29. The van der Waals surface area contributed by atoms with Crippen molar-refractivity contribution in [3.63, 3.8) is 0 Å². The molecular weight excluding hydrogens is 278 g/mol. The number of aromatic nitrogens is 2. The number of nitrogens with one attached hydrogen (secondary N) is 1. The van der Waals surface area contributed by atoms with E-state index < -0.39 is 5.97 Å². The average Bonchev–Trinajstić information content (AvgIpc) is 3.23. The van der Waals surface area contributed by atoms with Crippen molar-refractivity contribution in [1.29, 1.82) is 0 Å². The summed E-state index contributed by atoms with van der Waals surface area (Å²) in [4.78, 5) is 19.6. The molecule has 102 valence electrons. The lowest BCUT2D eigenvalue weighted by atomic mass is 10.2. The van der Waals surface area contributed by atoms with Gasteiger partial charge in [-0.05, 0) is 25.0 Å². The van der Waals surface area contributed by atoms with E-state index >= 15 is 0 Å². The summed E-state index contributed by atoms with van der Waals surface area (Å²) in [6.45, 7) is 0. The minimum atomic E-state index is -1.04. The molecule has 1 aliphatic carbocycles. The zero-order valence-corrected chi connectivity index (χ0v) is 11.3. The second-order valence-corrected chi connectivity index (χ2v) is 5.07. The van der Waals surface area contributed by atoms with E-state index in [1.165, 1.54) is 6.20 Å². The minimum absolute atomic E-state index is 0.0766. The highest BCUT2D eigenvalue weighted by molar-refractivity contribution is 6.33. The molecule has 1 heterocycles. The first kappa shape index (κ1) is 12.9. The molecule has 1 fully saturated rings. The van der Waals surface area contributed by atoms with Gasteiger partial charge in [0.25, 0.3) is 0 Å². The van der Waals surface area contributed by atoms with E-state index in [2.05, 4.69) is 15.3 Å². The lowest BCUT2D eigenvalue weighted by Crippen LogP contribution is -2.11. The normalized spacial score (nSPS) is 14.1. The minimum Gasteiger partial charge on any atom is -0.477 e.